The maximum absolute atomic E-state index is 6.11. The molecule has 3 heteroatoms. The molecule has 86 valence electrons. The highest BCUT2D eigenvalue weighted by Crippen LogP contribution is 2.35. The first-order chi connectivity index (χ1) is 7.16. The SMILES string of the molecule is COC1(C(N)=NC2CC2)CCC(C)CC1. The van der Waals surface area contributed by atoms with Crippen LogP contribution in [0.5, 0.6) is 0 Å². The number of methoxy groups -OCH3 is 1. The summed E-state index contributed by atoms with van der Waals surface area (Å²) < 4.78 is 5.66. The number of hydrogen-bond donors (Lipinski definition) is 1. The van der Waals surface area contributed by atoms with E-state index in [4.69, 9.17) is 10.5 Å². The summed E-state index contributed by atoms with van der Waals surface area (Å²) in [5.41, 5.74) is 5.86. The summed E-state index contributed by atoms with van der Waals surface area (Å²) in [7, 11) is 1.77. The fraction of sp³-hybridized carbons (Fsp3) is 0.917. The molecule has 0 amide bonds. The van der Waals surface area contributed by atoms with Crippen LogP contribution in [0.25, 0.3) is 0 Å². The molecule has 0 saturated heterocycles. The maximum Gasteiger partial charge on any atom is 0.127 e. The van der Waals surface area contributed by atoms with E-state index in [1.807, 2.05) is 0 Å². The summed E-state index contributed by atoms with van der Waals surface area (Å²) in [6, 6.07) is 0.497. The topological polar surface area (TPSA) is 47.6 Å². The lowest BCUT2D eigenvalue weighted by Gasteiger charge is -2.37. The Morgan fingerprint density at radius 2 is 1.87 bits per heavy atom. The third-order valence-corrected chi connectivity index (χ3v) is 3.81. The molecule has 2 fully saturated rings. The van der Waals surface area contributed by atoms with Crippen molar-refractivity contribution in [2.45, 2.75) is 57.1 Å². The van der Waals surface area contributed by atoms with Crippen molar-refractivity contribution < 1.29 is 4.74 Å². The Labute approximate surface area is 92.1 Å². The number of nitrogens with two attached hydrogens (primary N) is 1. The van der Waals surface area contributed by atoms with Gasteiger partial charge in [-0.3, -0.25) is 4.99 Å². The standard InChI is InChI=1S/C12H22N2O/c1-9-5-7-12(15-2,8-6-9)11(13)14-10-3-4-10/h9-10H,3-8H2,1-2H3,(H2,13,14). The monoisotopic (exact) mass is 210 g/mol. The Morgan fingerprint density at radius 3 is 2.33 bits per heavy atom. The highest BCUT2D eigenvalue weighted by Gasteiger charge is 2.39. The van der Waals surface area contributed by atoms with Crippen molar-refractivity contribution in [1.82, 2.24) is 0 Å². The summed E-state index contributed by atoms with van der Waals surface area (Å²) in [5.74, 6) is 1.56. The van der Waals surface area contributed by atoms with Crippen molar-refractivity contribution in [3.05, 3.63) is 0 Å². The first-order valence-corrected chi connectivity index (χ1v) is 6.05. The van der Waals surface area contributed by atoms with E-state index in [1.54, 1.807) is 7.11 Å². The Bertz CT molecular complexity index is 250. The van der Waals surface area contributed by atoms with Gasteiger partial charge in [0, 0.05) is 7.11 Å². The lowest BCUT2D eigenvalue weighted by atomic mass is 9.78. The van der Waals surface area contributed by atoms with Crippen LogP contribution >= 0.6 is 0 Å². The number of hydrogen-bond acceptors (Lipinski definition) is 2. The molecule has 0 spiro atoms. The number of aliphatic imine (C=N–C) groups is 1. The smallest absolute Gasteiger partial charge is 0.127 e. The average molecular weight is 210 g/mol. The number of ether oxygens (including phenoxy) is 1. The van der Waals surface area contributed by atoms with E-state index in [1.165, 1.54) is 25.7 Å². The molecule has 3 nitrogen and oxygen atoms in total. The van der Waals surface area contributed by atoms with Crippen LogP contribution in [-0.4, -0.2) is 24.6 Å². The molecule has 0 aromatic carbocycles. The minimum Gasteiger partial charge on any atom is -0.385 e. The molecular weight excluding hydrogens is 188 g/mol. The van der Waals surface area contributed by atoms with Gasteiger partial charge in [-0.2, -0.15) is 0 Å². The van der Waals surface area contributed by atoms with Crippen molar-refractivity contribution in [2.75, 3.05) is 7.11 Å². The maximum atomic E-state index is 6.11. The normalized spacial score (nSPS) is 38.0. The number of amidine groups is 1. The molecule has 0 heterocycles. The second-order valence-corrected chi connectivity index (χ2v) is 5.13. The molecule has 0 aliphatic heterocycles. The molecule has 2 aliphatic rings. The zero-order chi connectivity index (χ0) is 10.9. The quantitative estimate of drug-likeness (QED) is 0.573. The molecule has 15 heavy (non-hydrogen) atoms. The van der Waals surface area contributed by atoms with Crippen molar-refractivity contribution in [3.63, 3.8) is 0 Å². The van der Waals surface area contributed by atoms with E-state index in [0.29, 0.717) is 6.04 Å². The van der Waals surface area contributed by atoms with Crippen LogP contribution in [0.4, 0.5) is 0 Å². The Balaban J connectivity index is 2.06. The second kappa shape index (κ2) is 4.12. The van der Waals surface area contributed by atoms with Gasteiger partial charge in [0.2, 0.25) is 0 Å². The zero-order valence-electron chi connectivity index (χ0n) is 9.83. The van der Waals surface area contributed by atoms with Gasteiger partial charge >= 0.3 is 0 Å². The van der Waals surface area contributed by atoms with E-state index in [0.717, 1.165) is 24.6 Å². The largest absolute Gasteiger partial charge is 0.385 e. The Morgan fingerprint density at radius 1 is 1.27 bits per heavy atom. The first-order valence-electron chi connectivity index (χ1n) is 6.05. The third-order valence-electron chi connectivity index (χ3n) is 3.81. The predicted octanol–water partition coefficient (Wildman–Crippen LogP) is 2.10. The summed E-state index contributed by atoms with van der Waals surface area (Å²) in [6.45, 7) is 2.30. The highest BCUT2D eigenvalue weighted by atomic mass is 16.5. The van der Waals surface area contributed by atoms with Crippen LogP contribution in [0.2, 0.25) is 0 Å². The van der Waals surface area contributed by atoms with E-state index >= 15 is 0 Å². The Kier molecular flexibility index (Phi) is 3.01. The van der Waals surface area contributed by atoms with Crippen LogP contribution in [-0.2, 0) is 4.74 Å². The van der Waals surface area contributed by atoms with Gasteiger partial charge in [0.05, 0.1) is 6.04 Å². The molecule has 0 aromatic rings. The van der Waals surface area contributed by atoms with E-state index < -0.39 is 0 Å². The molecule has 2 N–H and O–H groups in total. The minimum absolute atomic E-state index is 0.241. The molecule has 0 aromatic heterocycles. The average Bonchev–Trinajstić information content (AvgIpc) is 3.03. The molecule has 0 unspecified atom stereocenters. The van der Waals surface area contributed by atoms with Gasteiger partial charge in [-0.25, -0.2) is 0 Å². The molecule has 0 radical (unpaired) electrons. The van der Waals surface area contributed by atoms with Gasteiger partial charge in [-0.05, 0) is 44.4 Å². The number of rotatable bonds is 3. The van der Waals surface area contributed by atoms with Gasteiger partial charge in [0.1, 0.15) is 11.4 Å². The fourth-order valence-corrected chi connectivity index (χ4v) is 2.31. The summed E-state index contributed by atoms with van der Waals surface area (Å²) in [4.78, 5) is 4.55. The van der Waals surface area contributed by atoms with Gasteiger partial charge < -0.3 is 10.5 Å². The van der Waals surface area contributed by atoms with Crippen LogP contribution in [0.1, 0.15) is 45.4 Å². The van der Waals surface area contributed by atoms with Gasteiger partial charge in [0.15, 0.2) is 0 Å². The third kappa shape index (κ3) is 2.33. The van der Waals surface area contributed by atoms with Crippen molar-refractivity contribution in [1.29, 1.82) is 0 Å². The van der Waals surface area contributed by atoms with Crippen molar-refractivity contribution >= 4 is 5.84 Å². The van der Waals surface area contributed by atoms with Crippen LogP contribution in [0.15, 0.2) is 4.99 Å². The van der Waals surface area contributed by atoms with Gasteiger partial charge in [-0.1, -0.05) is 6.92 Å². The molecule has 2 rings (SSSR count). The van der Waals surface area contributed by atoms with Gasteiger partial charge in [-0.15, -0.1) is 0 Å². The highest BCUT2D eigenvalue weighted by molar-refractivity contribution is 5.89. The molecule has 0 atom stereocenters. The van der Waals surface area contributed by atoms with Crippen LogP contribution < -0.4 is 5.73 Å². The van der Waals surface area contributed by atoms with Crippen molar-refractivity contribution in [3.8, 4) is 0 Å². The summed E-state index contributed by atoms with van der Waals surface area (Å²) in [6.07, 6.45) is 6.89. The number of nitrogens with zero attached hydrogens (tertiary/aromatic N) is 1. The molecule has 2 aliphatic carbocycles. The molecular formula is C12H22N2O. The lowest BCUT2D eigenvalue weighted by Crippen LogP contribution is -2.48. The minimum atomic E-state index is -0.241. The summed E-state index contributed by atoms with van der Waals surface area (Å²) in [5, 5.41) is 0. The lowest BCUT2D eigenvalue weighted by molar-refractivity contribution is 0.00791. The zero-order valence-corrected chi connectivity index (χ0v) is 9.83. The Hall–Kier alpha value is -0.570. The van der Waals surface area contributed by atoms with E-state index in [-0.39, 0.29) is 5.60 Å². The van der Waals surface area contributed by atoms with Crippen LogP contribution in [0, 0.1) is 5.92 Å². The fourth-order valence-electron chi connectivity index (χ4n) is 2.31. The van der Waals surface area contributed by atoms with Crippen molar-refractivity contribution in [2.24, 2.45) is 16.6 Å². The van der Waals surface area contributed by atoms with E-state index in [2.05, 4.69) is 11.9 Å². The molecule has 2 saturated carbocycles. The van der Waals surface area contributed by atoms with Gasteiger partial charge in [0.25, 0.3) is 0 Å². The summed E-state index contributed by atoms with van der Waals surface area (Å²) >= 11 is 0. The predicted molar refractivity (Wildman–Crippen MR) is 62.0 cm³/mol. The second-order valence-electron chi connectivity index (χ2n) is 5.13. The van der Waals surface area contributed by atoms with Crippen LogP contribution in [0.3, 0.4) is 0 Å². The molecule has 0 bridgehead atoms. The van der Waals surface area contributed by atoms with E-state index in [9.17, 15) is 0 Å². The first kappa shape index (κ1) is 10.9.